The molecular weight excluding hydrogens is 917 g/mol. The Morgan fingerprint density at radius 3 is 0.686 bits per heavy atom. The van der Waals surface area contributed by atoms with Crippen molar-refractivity contribution in [3.63, 3.8) is 0 Å². The molecule has 0 unspecified atom stereocenters. The molecule has 0 spiro atoms. The normalized spacial score (nSPS) is 11.6. The summed E-state index contributed by atoms with van der Waals surface area (Å²) < 4.78 is 66.2. The van der Waals surface area contributed by atoms with Gasteiger partial charge < -0.3 is 9.11 Å². The van der Waals surface area contributed by atoms with Crippen LogP contribution in [0.2, 0.25) is 0 Å². The van der Waals surface area contributed by atoms with Crippen LogP contribution in [0.3, 0.4) is 0 Å². The number of benzene rings is 13. The first-order valence-electron chi connectivity index (χ1n) is 21.7. The third-order valence-corrected chi connectivity index (χ3v) is 13.8. The zero-order valence-corrected chi connectivity index (χ0v) is 38.8. The Morgan fingerprint density at radius 1 is 0.300 bits per heavy atom. The minimum absolute atomic E-state index is 0.0833. The summed E-state index contributed by atoms with van der Waals surface area (Å²) in [4.78, 5) is -0.670. The van der Waals surface area contributed by atoms with Gasteiger partial charge in [0.25, 0.3) is 0 Å². The molecule has 13 rings (SSSR count). The topological polar surface area (TPSA) is 270 Å². The average Bonchev–Trinajstić information content (AvgIpc) is 3.33. The van der Waals surface area contributed by atoms with Gasteiger partial charge in [0.15, 0.2) is 0 Å². The summed E-state index contributed by atoms with van der Waals surface area (Å²) in [6.07, 6.45) is 0. The van der Waals surface area contributed by atoms with E-state index in [1.807, 2.05) is 0 Å². The quantitative estimate of drug-likeness (QED) is 0.0330. The van der Waals surface area contributed by atoms with E-state index in [0.717, 1.165) is 0 Å². The van der Waals surface area contributed by atoms with Crippen molar-refractivity contribution in [3.05, 3.63) is 194 Å². The highest BCUT2D eigenvalue weighted by atomic mass is 32.2. The molecule has 13 aromatic carbocycles. The van der Waals surface area contributed by atoms with Crippen molar-refractivity contribution >= 4 is 140 Å². The minimum Gasteiger partial charge on any atom is -0.744 e. The van der Waals surface area contributed by atoms with Gasteiger partial charge in [-0.3, -0.25) is 33.8 Å². The number of fused-ring (bicyclic) bond motifs is 6. The van der Waals surface area contributed by atoms with E-state index in [4.69, 9.17) is 0 Å². The number of rotatable bonds is 2. The van der Waals surface area contributed by atoms with Crippen LogP contribution in [0.15, 0.2) is 204 Å². The summed E-state index contributed by atoms with van der Waals surface area (Å²) in [7, 11) is -9.09. The van der Waals surface area contributed by atoms with Gasteiger partial charge in [0.2, 0.25) is 0 Å². The summed E-state index contributed by atoms with van der Waals surface area (Å²) >= 11 is 0. The molecule has 0 aliphatic heterocycles. The van der Waals surface area contributed by atoms with Crippen LogP contribution in [0.1, 0.15) is 0 Å². The van der Waals surface area contributed by atoms with Crippen molar-refractivity contribution in [2.24, 2.45) is 22.9 Å². The average molecular weight is 961 g/mol. The van der Waals surface area contributed by atoms with Gasteiger partial charge >= 0.3 is 11.9 Å². The van der Waals surface area contributed by atoms with Crippen LogP contribution in [-0.2, 0) is 20.2 Å². The fourth-order valence-corrected chi connectivity index (χ4v) is 10.4. The van der Waals surface area contributed by atoms with Crippen LogP contribution in [-0.4, -0.2) is 37.9 Å². The molecule has 0 saturated heterocycles. The van der Waals surface area contributed by atoms with Gasteiger partial charge in [-0.25, -0.2) is 16.8 Å². The molecule has 0 aliphatic rings. The fourth-order valence-electron chi connectivity index (χ4n) is 9.42. The van der Waals surface area contributed by atoms with E-state index >= 15 is 0 Å². The highest BCUT2D eigenvalue weighted by Gasteiger charge is 2.13. The Labute approximate surface area is 401 Å². The van der Waals surface area contributed by atoms with Gasteiger partial charge in [-0.1, -0.05) is 158 Å². The van der Waals surface area contributed by atoms with E-state index in [9.17, 15) is 25.9 Å². The standard InChI is InChI=1S/2C20H12.C14H10O6S2.2CH5N3/c2*1-5-13-6-2-11-17-18-12-4-8-14-7-3-10-16(20(14)18)15(9-1)19(13)17;15-21(16,17)13-3-1-9-5-12-8-14(22(18,19)20)4-2-10(12)6-11(9)7-13;2*2-1(3)4/h2*1-12H;1-8H,(H,15,16,17)(H,18,19,20);2*(H5,2,3,4). The Morgan fingerprint density at radius 2 is 0.500 bits per heavy atom. The van der Waals surface area contributed by atoms with E-state index in [1.165, 1.54) is 123 Å². The van der Waals surface area contributed by atoms with Crippen molar-refractivity contribution in [2.45, 2.75) is 9.79 Å². The first kappa shape index (κ1) is 46.5. The largest absolute Gasteiger partial charge is 0.744 e. The second kappa shape index (κ2) is 18.4. The molecule has 13 aromatic rings. The highest BCUT2D eigenvalue weighted by Crippen LogP contribution is 2.41. The molecule has 0 fully saturated rings. The number of guanidine groups is 2. The third kappa shape index (κ3) is 9.06. The molecule has 0 aliphatic carbocycles. The van der Waals surface area contributed by atoms with Crippen molar-refractivity contribution in [1.82, 2.24) is 0 Å². The van der Waals surface area contributed by atoms with Gasteiger partial charge in [0.1, 0.15) is 20.2 Å². The molecule has 14 heteroatoms. The fraction of sp³-hybridized carbons (Fsp3) is 0. The van der Waals surface area contributed by atoms with Crippen LogP contribution >= 0.6 is 0 Å². The van der Waals surface area contributed by atoms with Gasteiger partial charge in [-0.2, -0.15) is 0 Å². The molecule has 0 saturated carbocycles. The van der Waals surface area contributed by atoms with Crippen LogP contribution in [0.5, 0.6) is 0 Å². The molecule has 0 heterocycles. The lowest BCUT2D eigenvalue weighted by molar-refractivity contribution is -0.117. The minimum atomic E-state index is -4.54. The summed E-state index contributed by atoms with van der Waals surface area (Å²) in [6.45, 7) is 0. The predicted octanol–water partition coefficient (Wildman–Crippen LogP) is 7.31. The number of hydrogen-bond acceptors (Lipinski definition) is 6. The Bertz CT molecular complexity index is 3780. The molecule has 0 bridgehead atoms. The van der Waals surface area contributed by atoms with E-state index in [-0.39, 0.29) is 21.7 Å². The molecule has 0 amide bonds. The van der Waals surface area contributed by atoms with Gasteiger partial charge in [0.05, 0.1) is 9.79 Å². The van der Waals surface area contributed by atoms with Crippen molar-refractivity contribution in [1.29, 1.82) is 0 Å². The molecule has 0 aromatic heterocycles. The Balaban J connectivity index is 0.000000121. The first-order valence-corrected chi connectivity index (χ1v) is 24.5. The second-order valence-corrected chi connectivity index (χ2v) is 19.4. The lowest BCUT2D eigenvalue weighted by Crippen LogP contribution is -2.51. The van der Waals surface area contributed by atoms with Crippen molar-refractivity contribution in [3.8, 4) is 0 Å². The van der Waals surface area contributed by atoms with E-state index in [0.29, 0.717) is 21.5 Å². The van der Waals surface area contributed by atoms with Crippen molar-refractivity contribution < 1.29 is 36.8 Å². The monoisotopic (exact) mass is 960 g/mol. The Hall–Kier alpha value is -8.66. The Kier molecular flexibility index (Phi) is 12.2. The molecule has 0 radical (unpaired) electrons. The molecule has 12 nitrogen and oxygen atoms in total. The van der Waals surface area contributed by atoms with Crippen LogP contribution in [0.4, 0.5) is 0 Å². The van der Waals surface area contributed by atoms with Gasteiger partial charge in [-0.15, -0.1) is 0 Å². The van der Waals surface area contributed by atoms with Gasteiger partial charge in [-0.05, 0) is 144 Å². The summed E-state index contributed by atoms with van der Waals surface area (Å²) in [5.41, 5.74) is 18.3. The van der Waals surface area contributed by atoms with Crippen LogP contribution < -0.4 is 33.8 Å². The highest BCUT2D eigenvalue weighted by molar-refractivity contribution is 7.86. The predicted molar refractivity (Wildman–Crippen MR) is 283 cm³/mol. The summed E-state index contributed by atoms with van der Waals surface area (Å²) in [6, 6.07) is 64.0. The third-order valence-electron chi connectivity index (χ3n) is 12.1. The van der Waals surface area contributed by atoms with Crippen LogP contribution in [0, 0.1) is 0 Å². The maximum Gasteiger partial charge on any atom is 0.336 e. The maximum atomic E-state index is 11.0. The molecule has 70 heavy (non-hydrogen) atoms. The van der Waals surface area contributed by atoms with Crippen molar-refractivity contribution in [2.75, 3.05) is 0 Å². The lowest BCUT2D eigenvalue weighted by atomic mass is 9.90. The second-order valence-electron chi connectivity index (χ2n) is 16.6. The SMILES string of the molecule is NC(N)=[NH2+].NC(N)=[NH2+].O=S(=O)([O-])c1ccc2cc3cc(S(=O)(=O)[O-])ccc3cc2c1.c1cc2cccc3c4cccc5cccc(c(c1)c23)c54.c1cc2cccc3c4cccc5cccc(c(c1)c23)c54. The van der Waals surface area contributed by atoms with E-state index < -0.39 is 20.2 Å². The lowest BCUT2D eigenvalue weighted by Gasteiger charge is -2.13. The molecular formula is C56H44N6O6S2. The smallest absolute Gasteiger partial charge is 0.336 e. The van der Waals surface area contributed by atoms with Gasteiger partial charge in [0, 0.05) is 0 Å². The number of nitrogens with two attached hydrogens (primary N) is 6. The summed E-state index contributed by atoms with van der Waals surface area (Å²) in [5, 5.41) is 33.2. The molecule has 12 N–H and O–H groups in total. The van der Waals surface area contributed by atoms with Crippen LogP contribution in [0.25, 0.3) is 108 Å². The summed E-state index contributed by atoms with van der Waals surface area (Å²) in [5.74, 6) is -0.167. The molecule has 0 atom stereocenters. The first-order chi connectivity index (χ1) is 33.5. The molecule has 346 valence electrons. The maximum absolute atomic E-state index is 11.0. The zero-order chi connectivity index (χ0) is 49.5. The zero-order valence-electron chi connectivity index (χ0n) is 37.2. The van der Waals surface area contributed by atoms with E-state index in [2.05, 4.69) is 179 Å². The number of hydrogen-bond donors (Lipinski definition) is 6. The van der Waals surface area contributed by atoms with E-state index in [1.54, 1.807) is 12.1 Å².